The van der Waals surface area contributed by atoms with E-state index in [2.05, 4.69) is 28.0 Å². The summed E-state index contributed by atoms with van der Waals surface area (Å²) in [6.07, 6.45) is 10.7. The van der Waals surface area contributed by atoms with Gasteiger partial charge in [0.2, 0.25) is 5.91 Å². The van der Waals surface area contributed by atoms with Crippen LogP contribution in [-0.2, 0) is 11.2 Å². The molecule has 0 radical (unpaired) electrons. The van der Waals surface area contributed by atoms with Gasteiger partial charge in [-0.2, -0.15) is 0 Å². The Morgan fingerprint density at radius 2 is 2.00 bits per heavy atom. The first-order valence-corrected chi connectivity index (χ1v) is 11.4. The number of piperidine rings is 2. The molecule has 0 spiro atoms. The fourth-order valence-electron chi connectivity index (χ4n) is 6.10. The number of ether oxygens (including phenoxy) is 1. The van der Waals surface area contributed by atoms with Crippen molar-refractivity contribution in [2.45, 2.75) is 75.8 Å². The van der Waals surface area contributed by atoms with Crippen LogP contribution in [0.25, 0.3) is 0 Å². The Balaban J connectivity index is 1.23. The Labute approximate surface area is 169 Å². The van der Waals surface area contributed by atoms with Gasteiger partial charge in [0.15, 0.2) is 0 Å². The average molecular weight is 383 g/mol. The molecular weight excluding hydrogens is 348 g/mol. The van der Waals surface area contributed by atoms with Gasteiger partial charge in [-0.3, -0.25) is 9.69 Å². The summed E-state index contributed by atoms with van der Waals surface area (Å²) in [5.41, 5.74) is 2.77. The van der Waals surface area contributed by atoms with Crippen molar-refractivity contribution in [2.75, 3.05) is 26.7 Å². The normalized spacial score (nSPS) is 30.5. The lowest BCUT2D eigenvalue weighted by atomic mass is 9.80. The lowest BCUT2D eigenvalue weighted by Gasteiger charge is -2.47. The highest BCUT2D eigenvalue weighted by Crippen LogP contribution is 2.40. The van der Waals surface area contributed by atoms with Crippen LogP contribution < -0.4 is 4.74 Å². The van der Waals surface area contributed by atoms with E-state index in [4.69, 9.17) is 4.74 Å². The van der Waals surface area contributed by atoms with Crippen molar-refractivity contribution in [3.8, 4) is 5.75 Å². The van der Waals surface area contributed by atoms with Crippen LogP contribution in [0, 0.1) is 5.92 Å². The molecule has 152 valence electrons. The monoisotopic (exact) mass is 382 g/mol. The molecule has 2 aliphatic carbocycles. The van der Waals surface area contributed by atoms with Crippen molar-refractivity contribution in [3.05, 3.63) is 29.3 Å². The summed E-state index contributed by atoms with van der Waals surface area (Å²) in [6.45, 7) is 3.25. The number of carbonyl (C=O) groups excluding carboxylic acids is 1. The zero-order chi connectivity index (χ0) is 19.1. The van der Waals surface area contributed by atoms with Crippen LogP contribution in [0.2, 0.25) is 0 Å². The van der Waals surface area contributed by atoms with Crippen LogP contribution in [0.3, 0.4) is 0 Å². The third kappa shape index (κ3) is 3.56. The van der Waals surface area contributed by atoms with Gasteiger partial charge in [-0.25, -0.2) is 0 Å². The second kappa shape index (κ2) is 7.70. The van der Waals surface area contributed by atoms with Gasteiger partial charge in [-0.1, -0.05) is 6.07 Å². The predicted octanol–water partition coefficient (Wildman–Crippen LogP) is 3.98. The number of aryl methyl sites for hydroxylation is 1. The molecule has 1 aromatic rings. The number of carbonyl (C=O) groups is 1. The van der Waals surface area contributed by atoms with Crippen LogP contribution in [0.15, 0.2) is 18.2 Å². The van der Waals surface area contributed by atoms with Crippen molar-refractivity contribution in [3.63, 3.8) is 0 Å². The molecule has 5 rings (SSSR count). The summed E-state index contributed by atoms with van der Waals surface area (Å²) in [6, 6.07) is 8.04. The summed E-state index contributed by atoms with van der Waals surface area (Å²) < 4.78 is 5.39. The Bertz CT molecular complexity index is 729. The van der Waals surface area contributed by atoms with E-state index in [0.717, 1.165) is 43.8 Å². The third-order valence-electron chi connectivity index (χ3n) is 7.69. The molecule has 4 nitrogen and oxygen atoms in total. The molecule has 1 aromatic carbocycles. The van der Waals surface area contributed by atoms with E-state index in [0.29, 0.717) is 24.2 Å². The summed E-state index contributed by atoms with van der Waals surface area (Å²) in [4.78, 5) is 18.2. The Morgan fingerprint density at radius 3 is 2.82 bits per heavy atom. The Hall–Kier alpha value is -1.55. The molecule has 0 N–H and O–H groups in total. The number of methoxy groups -OCH3 is 1. The summed E-state index contributed by atoms with van der Waals surface area (Å²) >= 11 is 0. The fourth-order valence-corrected chi connectivity index (χ4v) is 6.10. The second-order valence-electron chi connectivity index (χ2n) is 9.43. The molecule has 28 heavy (non-hydrogen) atoms. The topological polar surface area (TPSA) is 32.8 Å². The smallest absolute Gasteiger partial charge is 0.223 e. The van der Waals surface area contributed by atoms with E-state index >= 15 is 0 Å². The maximum atomic E-state index is 13.2. The van der Waals surface area contributed by atoms with Gasteiger partial charge in [-0.05, 0) is 93.0 Å². The van der Waals surface area contributed by atoms with Crippen LogP contribution in [0.5, 0.6) is 5.75 Å². The number of benzene rings is 1. The molecule has 1 amide bonds. The molecule has 4 heteroatoms. The summed E-state index contributed by atoms with van der Waals surface area (Å²) in [7, 11) is 1.73. The first kappa shape index (κ1) is 18.5. The van der Waals surface area contributed by atoms with E-state index in [1.807, 2.05) is 0 Å². The zero-order valence-corrected chi connectivity index (χ0v) is 17.2. The van der Waals surface area contributed by atoms with E-state index < -0.39 is 0 Å². The van der Waals surface area contributed by atoms with E-state index in [9.17, 15) is 4.79 Å². The Kier molecular flexibility index (Phi) is 5.08. The molecule has 0 aromatic heterocycles. The molecule has 3 fully saturated rings. The average Bonchev–Trinajstić information content (AvgIpc) is 3.58. The van der Waals surface area contributed by atoms with Crippen LogP contribution in [0.4, 0.5) is 0 Å². The van der Waals surface area contributed by atoms with Gasteiger partial charge in [0.25, 0.3) is 0 Å². The third-order valence-corrected chi connectivity index (χ3v) is 7.69. The lowest BCUT2D eigenvalue weighted by molar-refractivity contribution is -0.135. The minimum Gasteiger partial charge on any atom is -0.497 e. The summed E-state index contributed by atoms with van der Waals surface area (Å²) in [5, 5.41) is 0. The maximum absolute atomic E-state index is 13.2. The lowest BCUT2D eigenvalue weighted by Crippen LogP contribution is -2.55. The molecule has 2 heterocycles. The van der Waals surface area contributed by atoms with Gasteiger partial charge in [0.05, 0.1) is 7.11 Å². The number of fused-ring (bicyclic) bond motifs is 2. The highest BCUT2D eigenvalue weighted by molar-refractivity contribution is 5.77. The minimum atomic E-state index is 0.384. The minimum absolute atomic E-state index is 0.384. The van der Waals surface area contributed by atoms with Gasteiger partial charge >= 0.3 is 0 Å². The molecule has 2 aliphatic heterocycles. The largest absolute Gasteiger partial charge is 0.497 e. The fraction of sp³-hybridized carbons (Fsp3) is 0.708. The number of hydrogen-bond donors (Lipinski definition) is 0. The Morgan fingerprint density at radius 1 is 1.11 bits per heavy atom. The molecule has 0 unspecified atom stereocenters. The first-order valence-electron chi connectivity index (χ1n) is 11.4. The second-order valence-corrected chi connectivity index (χ2v) is 9.43. The zero-order valence-electron chi connectivity index (χ0n) is 17.2. The van der Waals surface area contributed by atoms with E-state index in [1.165, 1.54) is 56.2 Å². The molecular formula is C24H34N2O2. The molecule has 4 aliphatic rings. The van der Waals surface area contributed by atoms with Gasteiger partial charge in [-0.15, -0.1) is 0 Å². The molecule has 2 saturated heterocycles. The van der Waals surface area contributed by atoms with Crippen molar-refractivity contribution in [1.29, 1.82) is 0 Å². The van der Waals surface area contributed by atoms with Crippen molar-refractivity contribution >= 4 is 5.91 Å². The number of likely N-dealkylation sites (tertiary alicyclic amines) is 2. The van der Waals surface area contributed by atoms with Crippen molar-refractivity contribution in [1.82, 2.24) is 9.80 Å². The summed E-state index contributed by atoms with van der Waals surface area (Å²) in [5.74, 6) is 2.41. The standard InChI is InChI=1S/C24H34N2O2/c1-28-21-9-10-22-17(14-21)4-2-5-18(22)15-24(27)25-13-11-23-19(16-25)6-3-12-26(23)20-7-8-20/h9-10,14,18-20,23H,2-8,11-13,15-16H2,1H3/t18-,19+,23-/m1/s1. The maximum Gasteiger partial charge on any atom is 0.223 e. The SMILES string of the molecule is COc1ccc2c(c1)CCC[C@@H]2CC(=O)N1CC[C@@H]2[C@@H](CCCN2C2CC2)C1. The quantitative estimate of drug-likeness (QED) is 0.790. The van der Waals surface area contributed by atoms with Gasteiger partial charge < -0.3 is 9.64 Å². The van der Waals surface area contributed by atoms with Gasteiger partial charge in [0.1, 0.15) is 5.75 Å². The molecule has 3 atom stereocenters. The van der Waals surface area contributed by atoms with E-state index in [1.54, 1.807) is 7.11 Å². The number of rotatable bonds is 4. The van der Waals surface area contributed by atoms with Gasteiger partial charge in [0, 0.05) is 31.6 Å². The van der Waals surface area contributed by atoms with Crippen LogP contribution in [-0.4, -0.2) is 54.5 Å². The highest BCUT2D eigenvalue weighted by atomic mass is 16.5. The molecule has 1 saturated carbocycles. The number of amides is 1. The first-order chi connectivity index (χ1) is 13.7. The van der Waals surface area contributed by atoms with Crippen molar-refractivity contribution < 1.29 is 9.53 Å². The van der Waals surface area contributed by atoms with Crippen molar-refractivity contribution in [2.24, 2.45) is 5.92 Å². The number of nitrogens with zero attached hydrogens (tertiary/aromatic N) is 2. The highest BCUT2D eigenvalue weighted by Gasteiger charge is 2.42. The van der Waals surface area contributed by atoms with Crippen LogP contribution in [0.1, 0.15) is 68.4 Å². The van der Waals surface area contributed by atoms with Crippen LogP contribution >= 0.6 is 0 Å². The number of hydrogen-bond acceptors (Lipinski definition) is 3. The van der Waals surface area contributed by atoms with E-state index in [-0.39, 0.29) is 0 Å². The predicted molar refractivity (Wildman–Crippen MR) is 111 cm³/mol. The molecule has 0 bridgehead atoms.